The van der Waals surface area contributed by atoms with Crippen LogP contribution in [0.25, 0.3) is 0 Å². The Bertz CT molecular complexity index is 1180. The van der Waals surface area contributed by atoms with Crippen LogP contribution in [0.4, 0.5) is 10.2 Å². The van der Waals surface area contributed by atoms with E-state index in [2.05, 4.69) is 25.7 Å². The normalized spacial score (nSPS) is 14.8. The fourth-order valence-corrected chi connectivity index (χ4v) is 4.62. The molecule has 184 valence electrons. The summed E-state index contributed by atoms with van der Waals surface area (Å²) in [4.78, 5) is 27.2. The highest BCUT2D eigenvalue weighted by molar-refractivity contribution is 6.33. The number of amides is 1. The molecule has 0 N–H and O–H groups in total. The van der Waals surface area contributed by atoms with Gasteiger partial charge in [0.15, 0.2) is 0 Å². The van der Waals surface area contributed by atoms with Crippen LogP contribution in [0.15, 0.2) is 48.5 Å². The van der Waals surface area contributed by atoms with Gasteiger partial charge in [0.2, 0.25) is 0 Å². The molecule has 1 aliphatic rings. The molecule has 1 aliphatic heterocycles. The molecule has 0 aliphatic carbocycles. The molecule has 0 saturated carbocycles. The van der Waals surface area contributed by atoms with Gasteiger partial charge in [0, 0.05) is 49.8 Å². The van der Waals surface area contributed by atoms with Crippen LogP contribution in [0.3, 0.4) is 0 Å². The lowest BCUT2D eigenvalue weighted by molar-refractivity contribution is 0.0746. The summed E-state index contributed by atoms with van der Waals surface area (Å²) in [6.07, 6.45) is 2.39. The van der Waals surface area contributed by atoms with Gasteiger partial charge in [-0.15, -0.1) is 0 Å². The molecule has 1 amide bonds. The van der Waals surface area contributed by atoms with Gasteiger partial charge in [-0.3, -0.25) is 4.79 Å². The van der Waals surface area contributed by atoms with Gasteiger partial charge in [-0.2, -0.15) is 0 Å². The van der Waals surface area contributed by atoms with Crippen molar-refractivity contribution >= 4 is 23.3 Å². The fourth-order valence-electron chi connectivity index (χ4n) is 4.41. The van der Waals surface area contributed by atoms with Crippen LogP contribution in [-0.4, -0.2) is 47.0 Å². The first kappa shape index (κ1) is 25.1. The molecule has 1 aromatic heterocycles. The summed E-state index contributed by atoms with van der Waals surface area (Å²) in [6, 6.07) is 13.8. The molecule has 0 bridgehead atoms. The van der Waals surface area contributed by atoms with Crippen molar-refractivity contribution < 1.29 is 9.18 Å². The minimum Gasteiger partial charge on any atom is -0.353 e. The number of rotatable bonds is 7. The van der Waals surface area contributed by atoms with Crippen LogP contribution in [0.5, 0.6) is 0 Å². The number of piperazine rings is 1. The highest BCUT2D eigenvalue weighted by atomic mass is 35.5. The van der Waals surface area contributed by atoms with Gasteiger partial charge in [-0.25, -0.2) is 14.4 Å². The Kier molecular flexibility index (Phi) is 8.01. The molecule has 35 heavy (non-hydrogen) atoms. The van der Waals surface area contributed by atoms with Crippen LogP contribution in [0.1, 0.15) is 66.1 Å². The second kappa shape index (κ2) is 11.2. The van der Waals surface area contributed by atoms with E-state index < -0.39 is 0 Å². The Labute approximate surface area is 212 Å². The maximum Gasteiger partial charge on any atom is 0.255 e. The van der Waals surface area contributed by atoms with Crippen molar-refractivity contribution in [3.05, 3.63) is 87.6 Å². The third-order valence-corrected chi connectivity index (χ3v) is 7.07. The van der Waals surface area contributed by atoms with E-state index in [0.717, 1.165) is 41.3 Å². The molecule has 1 fully saturated rings. The van der Waals surface area contributed by atoms with Crippen molar-refractivity contribution in [1.82, 2.24) is 14.9 Å². The van der Waals surface area contributed by atoms with Crippen molar-refractivity contribution in [1.29, 1.82) is 0 Å². The van der Waals surface area contributed by atoms with Gasteiger partial charge < -0.3 is 9.80 Å². The smallest absolute Gasteiger partial charge is 0.255 e. The van der Waals surface area contributed by atoms with E-state index in [-0.39, 0.29) is 17.6 Å². The number of carbonyl (C=O) groups excluding carboxylic acids is 1. The van der Waals surface area contributed by atoms with Crippen molar-refractivity contribution in [2.75, 3.05) is 31.1 Å². The molecule has 0 spiro atoms. The fraction of sp³-hybridized carbons (Fsp3) is 0.393. The Morgan fingerprint density at radius 1 is 1.03 bits per heavy atom. The zero-order chi connectivity index (χ0) is 24.9. The summed E-state index contributed by atoms with van der Waals surface area (Å²) < 4.78 is 13.5. The molecule has 0 unspecified atom stereocenters. The number of nitrogens with zero attached hydrogens (tertiary/aromatic N) is 4. The van der Waals surface area contributed by atoms with E-state index in [9.17, 15) is 9.18 Å². The molecule has 2 aromatic carbocycles. The second-order valence-corrected chi connectivity index (χ2v) is 9.46. The number of hydrogen-bond acceptors (Lipinski definition) is 4. The minimum absolute atomic E-state index is 0.0426. The first-order valence-electron chi connectivity index (χ1n) is 12.3. The number of carbonyl (C=O) groups is 1. The lowest BCUT2D eigenvalue weighted by Crippen LogP contribution is -2.49. The lowest BCUT2D eigenvalue weighted by Gasteiger charge is -2.37. The predicted octanol–water partition coefficient (Wildman–Crippen LogP) is 5.90. The van der Waals surface area contributed by atoms with Crippen molar-refractivity contribution in [3.63, 3.8) is 0 Å². The van der Waals surface area contributed by atoms with Crippen molar-refractivity contribution in [3.8, 4) is 0 Å². The van der Waals surface area contributed by atoms with E-state index in [1.54, 1.807) is 12.1 Å². The molecule has 1 atom stereocenters. The first-order valence-corrected chi connectivity index (χ1v) is 12.7. The summed E-state index contributed by atoms with van der Waals surface area (Å²) in [7, 11) is 0. The molecule has 2 heterocycles. The number of benzene rings is 2. The third kappa shape index (κ3) is 5.64. The van der Waals surface area contributed by atoms with E-state index in [0.29, 0.717) is 43.2 Å². The predicted molar refractivity (Wildman–Crippen MR) is 139 cm³/mol. The van der Waals surface area contributed by atoms with Crippen LogP contribution in [0, 0.1) is 5.82 Å². The number of hydrogen-bond donors (Lipinski definition) is 0. The Hall–Kier alpha value is -2.99. The number of anilines is 1. The topological polar surface area (TPSA) is 49.3 Å². The van der Waals surface area contributed by atoms with E-state index in [1.165, 1.54) is 12.1 Å². The van der Waals surface area contributed by atoms with Gasteiger partial charge in [0.25, 0.3) is 5.91 Å². The minimum atomic E-state index is -0.243. The Balaban J connectivity index is 1.62. The van der Waals surface area contributed by atoms with Gasteiger partial charge in [0.1, 0.15) is 17.5 Å². The second-order valence-electron chi connectivity index (χ2n) is 9.06. The number of aromatic nitrogens is 2. The average molecular weight is 495 g/mol. The SMILES string of the molecule is CCc1nc([C@@H](C)CC)nc(N2CCN(C(=O)c3ccccc3Cl)CC2)c1Cc1ccc(F)cc1. The van der Waals surface area contributed by atoms with E-state index in [1.807, 2.05) is 29.2 Å². The Morgan fingerprint density at radius 2 is 1.71 bits per heavy atom. The molecule has 4 rings (SSSR count). The molecule has 3 aromatic rings. The number of aryl methyl sites for hydroxylation is 1. The summed E-state index contributed by atoms with van der Waals surface area (Å²) in [5, 5.41) is 0.475. The van der Waals surface area contributed by atoms with Crippen molar-refractivity contribution in [2.24, 2.45) is 0 Å². The average Bonchev–Trinajstić information content (AvgIpc) is 2.89. The maximum absolute atomic E-state index is 13.5. The largest absolute Gasteiger partial charge is 0.353 e. The summed E-state index contributed by atoms with van der Waals surface area (Å²) in [5.41, 5.74) is 3.67. The summed E-state index contributed by atoms with van der Waals surface area (Å²) in [6.45, 7) is 8.93. The quantitative estimate of drug-likeness (QED) is 0.410. The van der Waals surface area contributed by atoms with Crippen LogP contribution < -0.4 is 4.90 Å². The number of halogens is 2. The molecule has 7 heteroatoms. The molecule has 0 radical (unpaired) electrons. The molecular formula is C28H32ClFN4O. The van der Waals surface area contributed by atoms with E-state index in [4.69, 9.17) is 21.6 Å². The van der Waals surface area contributed by atoms with Gasteiger partial charge in [0.05, 0.1) is 10.6 Å². The van der Waals surface area contributed by atoms with Gasteiger partial charge >= 0.3 is 0 Å². The molecule has 5 nitrogen and oxygen atoms in total. The Morgan fingerprint density at radius 3 is 2.34 bits per heavy atom. The monoisotopic (exact) mass is 494 g/mol. The van der Waals surface area contributed by atoms with Gasteiger partial charge in [-0.05, 0) is 42.7 Å². The third-order valence-electron chi connectivity index (χ3n) is 6.74. The standard InChI is InChI=1S/C28H32ClFN4O/c1-4-19(3)26-31-25(5-2)23(18-20-10-12-21(30)13-11-20)27(32-26)33-14-16-34(17-15-33)28(35)22-8-6-7-9-24(22)29/h6-13,19H,4-5,14-18H2,1-3H3/t19-/m0/s1. The van der Waals surface area contributed by atoms with Crippen molar-refractivity contribution in [2.45, 2.75) is 46.0 Å². The zero-order valence-electron chi connectivity index (χ0n) is 20.6. The molecular weight excluding hydrogens is 463 g/mol. The van der Waals surface area contributed by atoms with Crippen LogP contribution >= 0.6 is 11.6 Å². The maximum atomic E-state index is 13.5. The molecule has 1 saturated heterocycles. The zero-order valence-corrected chi connectivity index (χ0v) is 21.4. The first-order chi connectivity index (χ1) is 16.9. The van der Waals surface area contributed by atoms with Crippen LogP contribution in [-0.2, 0) is 12.8 Å². The van der Waals surface area contributed by atoms with Gasteiger partial charge in [-0.1, -0.05) is 56.6 Å². The highest BCUT2D eigenvalue weighted by Crippen LogP contribution is 2.29. The highest BCUT2D eigenvalue weighted by Gasteiger charge is 2.27. The summed E-state index contributed by atoms with van der Waals surface area (Å²) in [5.74, 6) is 1.76. The summed E-state index contributed by atoms with van der Waals surface area (Å²) >= 11 is 6.27. The lowest BCUT2D eigenvalue weighted by atomic mass is 10.0. The van der Waals surface area contributed by atoms with Crippen LogP contribution in [0.2, 0.25) is 5.02 Å². The van der Waals surface area contributed by atoms with E-state index >= 15 is 0 Å².